The maximum atomic E-state index is 12.8. The predicted molar refractivity (Wildman–Crippen MR) is 131 cm³/mol. The summed E-state index contributed by atoms with van der Waals surface area (Å²) in [4.78, 5) is 14.0. The van der Waals surface area contributed by atoms with Crippen LogP contribution in [-0.2, 0) is 17.1 Å². The number of carbonyl (C=O) groups is 1. The van der Waals surface area contributed by atoms with Crippen LogP contribution in [0.5, 0.6) is 0 Å². The van der Waals surface area contributed by atoms with Gasteiger partial charge in [-0.3, -0.25) is 4.79 Å². The minimum absolute atomic E-state index is 0.126. The Kier molecular flexibility index (Phi) is 8.90. The number of hydrogen-bond acceptors (Lipinski definition) is 5. The van der Waals surface area contributed by atoms with Gasteiger partial charge in [0, 0.05) is 17.1 Å². The molecule has 9 heteroatoms. The smallest absolute Gasteiger partial charge is 0.237 e. The van der Waals surface area contributed by atoms with Gasteiger partial charge in [-0.15, -0.1) is 28.5 Å². The third kappa shape index (κ3) is 6.53. The van der Waals surface area contributed by atoms with E-state index in [0.717, 1.165) is 10.7 Å². The first-order valence-electron chi connectivity index (χ1n) is 9.65. The number of nitrogens with one attached hydrogen (secondary N) is 1. The van der Waals surface area contributed by atoms with E-state index in [1.54, 1.807) is 36.0 Å². The molecule has 1 unspecified atom stereocenters. The van der Waals surface area contributed by atoms with Crippen molar-refractivity contribution in [3.63, 3.8) is 0 Å². The van der Waals surface area contributed by atoms with Gasteiger partial charge in [-0.2, -0.15) is 0 Å². The van der Waals surface area contributed by atoms with E-state index in [1.165, 1.54) is 11.8 Å². The summed E-state index contributed by atoms with van der Waals surface area (Å²) in [6.45, 7) is 6.39. The molecule has 0 aliphatic heterocycles. The Morgan fingerprint density at radius 1 is 1.19 bits per heavy atom. The van der Waals surface area contributed by atoms with Gasteiger partial charge in [0.25, 0.3) is 0 Å². The van der Waals surface area contributed by atoms with Crippen LogP contribution in [0.3, 0.4) is 0 Å². The average molecular weight is 493 g/mol. The number of allylic oxidation sites excluding steroid dienone is 1. The van der Waals surface area contributed by atoms with E-state index in [9.17, 15) is 4.79 Å². The van der Waals surface area contributed by atoms with Crippen LogP contribution in [-0.4, -0.2) is 25.9 Å². The minimum Gasteiger partial charge on any atom is -0.325 e. The molecule has 31 heavy (non-hydrogen) atoms. The van der Waals surface area contributed by atoms with Crippen molar-refractivity contribution in [2.75, 3.05) is 5.32 Å². The zero-order valence-corrected chi connectivity index (χ0v) is 20.1. The largest absolute Gasteiger partial charge is 0.325 e. The molecule has 1 heterocycles. The van der Waals surface area contributed by atoms with Gasteiger partial charge in [-0.05, 0) is 36.8 Å². The Morgan fingerprint density at radius 3 is 2.65 bits per heavy atom. The van der Waals surface area contributed by atoms with Crippen LogP contribution in [0.4, 0.5) is 5.69 Å². The molecule has 1 atom stereocenters. The fourth-order valence-corrected chi connectivity index (χ4v) is 4.88. The van der Waals surface area contributed by atoms with E-state index in [4.69, 9.17) is 23.2 Å². The number of halogens is 2. The molecule has 0 spiro atoms. The highest BCUT2D eigenvalue weighted by Gasteiger charge is 2.22. The molecule has 3 aromatic rings. The summed E-state index contributed by atoms with van der Waals surface area (Å²) in [6.07, 6.45) is 2.44. The SMILES string of the molecule is C=CCn1c(CSc2ccccc2)nnc1SC(CC)C(=O)Nc1ccc(Cl)c(Cl)c1. The topological polar surface area (TPSA) is 59.8 Å². The highest BCUT2D eigenvalue weighted by Crippen LogP contribution is 2.29. The summed E-state index contributed by atoms with van der Waals surface area (Å²) in [5.41, 5.74) is 0.603. The molecule has 0 bridgehead atoms. The molecule has 0 saturated carbocycles. The number of anilines is 1. The molecule has 1 aromatic heterocycles. The summed E-state index contributed by atoms with van der Waals surface area (Å²) < 4.78 is 2.00. The van der Waals surface area contributed by atoms with Gasteiger partial charge in [0.2, 0.25) is 5.91 Å². The van der Waals surface area contributed by atoms with E-state index in [0.29, 0.717) is 39.6 Å². The second-order valence-corrected chi connectivity index (χ2v) is 9.57. The number of benzene rings is 2. The molecule has 1 amide bonds. The lowest BCUT2D eigenvalue weighted by molar-refractivity contribution is -0.115. The molecule has 0 saturated heterocycles. The molecular weight excluding hydrogens is 471 g/mol. The van der Waals surface area contributed by atoms with Crippen molar-refractivity contribution in [3.05, 3.63) is 77.1 Å². The Bertz CT molecular complexity index is 1040. The average Bonchev–Trinajstić information content (AvgIpc) is 3.15. The lowest BCUT2D eigenvalue weighted by Gasteiger charge is -2.15. The van der Waals surface area contributed by atoms with Crippen LogP contribution in [0, 0.1) is 0 Å². The van der Waals surface area contributed by atoms with E-state index in [1.807, 2.05) is 29.7 Å². The molecule has 3 rings (SSSR count). The maximum absolute atomic E-state index is 12.8. The van der Waals surface area contributed by atoms with Crippen molar-refractivity contribution in [2.45, 2.75) is 40.9 Å². The molecule has 162 valence electrons. The van der Waals surface area contributed by atoms with Crippen molar-refractivity contribution in [1.29, 1.82) is 0 Å². The number of amides is 1. The number of nitrogens with zero attached hydrogens (tertiary/aromatic N) is 3. The highest BCUT2D eigenvalue weighted by atomic mass is 35.5. The lowest BCUT2D eigenvalue weighted by Crippen LogP contribution is -2.25. The number of rotatable bonds is 10. The van der Waals surface area contributed by atoms with E-state index >= 15 is 0 Å². The number of hydrogen-bond donors (Lipinski definition) is 1. The van der Waals surface area contributed by atoms with Crippen LogP contribution in [0.1, 0.15) is 19.2 Å². The van der Waals surface area contributed by atoms with Crippen LogP contribution >= 0.6 is 46.7 Å². The summed E-state index contributed by atoms with van der Waals surface area (Å²) in [6, 6.07) is 15.2. The monoisotopic (exact) mass is 492 g/mol. The molecule has 0 aliphatic rings. The zero-order valence-electron chi connectivity index (χ0n) is 16.9. The minimum atomic E-state index is -0.336. The van der Waals surface area contributed by atoms with Crippen molar-refractivity contribution >= 4 is 58.3 Å². The van der Waals surface area contributed by atoms with Gasteiger partial charge >= 0.3 is 0 Å². The van der Waals surface area contributed by atoms with Crippen molar-refractivity contribution in [2.24, 2.45) is 0 Å². The van der Waals surface area contributed by atoms with Crippen LogP contribution < -0.4 is 5.32 Å². The quantitative estimate of drug-likeness (QED) is 0.256. The summed E-state index contributed by atoms with van der Waals surface area (Å²) in [7, 11) is 0. The Labute approximate surface area is 200 Å². The summed E-state index contributed by atoms with van der Waals surface area (Å²) in [5, 5.41) is 12.8. The van der Waals surface area contributed by atoms with Crippen LogP contribution in [0.2, 0.25) is 10.0 Å². The van der Waals surface area contributed by atoms with Gasteiger partial charge in [0.15, 0.2) is 5.16 Å². The first-order chi connectivity index (χ1) is 15.0. The van der Waals surface area contributed by atoms with Gasteiger partial charge in [0.05, 0.1) is 21.0 Å². The second-order valence-electron chi connectivity index (χ2n) is 6.53. The molecule has 2 aromatic carbocycles. The molecule has 5 nitrogen and oxygen atoms in total. The number of thioether (sulfide) groups is 2. The van der Waals surface area contributed by atoms with Gasteiger partial charge in [-0.25, -0.2) is 0 Å². The molecule has 0 radical (unpaired) electrons. The van der Waals surface area contributed by atoms with Crippen molar-refractivity contribution < 1.29 is 4.79 Å². The van der Waals surface area contributed by atoms with Crippen molar-refractivity contribution in [1.82, 2.24) is 14.8 Å². The summed E-state index contributed by atoms with van der Waals surface area (Å²) in [5.74, 6) is 1.40. The predicted octanol–water partition coefficient (Wildman–Crippen LogP) is 6.57. The van der Waals surface area contributed by atoms with E-state index in [2.05, 4.69) is 34.2 Å². The maximum Gasteiger partial charge on any atom is 0.237 e. The second kappa shape index (κ2) is 11.6. The van der Waals surface area contributed by atoms with Crippen LogP contribution in [0.15, 0.2) is 71.2 Å². The lowest BCUT2D eigenvalue weighted by atomic mass is 10.2. The Balaban J connectivity index is 1.71. The highest BCUT2D eigenvalue weighted by molar-refractivity contribution is 8.00. The first kappa shape index (κ1) is 23.7. The number of carbonyl (C=O) groups excluding carboxylic acids is 1. The van der Waals surface area contributed by atoms with E-state index < -0.39 is 0 Å². The third-order valence-corrected chi connectivity index (χ3v) is 7.41. The third-order valence-electron chi connectivity index (χ3n) is 4.31. The fraction of sp³-hybridized carbons (Fsp3) is 0.227. The number of aromatic nitrogens is 3. The molecule has 0 fully saturated rings. The Morgan fingerprint density at radius 2 is 1.97 bits per heavy atom. The van der Waals surface area contributed by atoms with Gasteiger partial charge in [-0.1, -0.05) is 66.2 Å². The zero-order chi connectivity index (χ0) is 22.2. The molecule has 1 N–H and O–H groups in total. The van der Waals surface area contributed by atoms with Crippen LogP contribution in [0.25, 0.3) is 0 Å². The molecule has 0 aliphatic carbocycles. The Hall–Kier alpha value is -1.93. The van der Waals surface area contributed by atoms with Crippen molar-refractivity contribution in [3.8, 4) is 0 Å². The summed E-state index contributed by atoms with van der Waals surface area (Å²) >= 11 is 15.1. The first-order valence-corrected chi connectivity index (χ1v) is 12.3. The van der Waals surface area contributed by atoms with Gasteiger partial charge in [0.1, 0.15) is 5.82 Å². The normalized spacial score (nSPS) is 11.8. The van der Waals surface area contributed by atoms with Gasteiger partial charge < -0.3 is 9.88 Å². The molecular formula is C22H22Cl2N4OS2. The standard InChI is InChI=1S/C22H22Cl2N4OS2/c1-3-12-28-20(14-30-16-8-6-5-7-9-16)26-27-22(28)31-19(4-2)21(29)25-15-10-11-17(23)18(24)13-15/h3,5-11,13,19H,1,4,12,14H2,2H3,(H,25,29). The van der Waals surface area contributed by atoms with E-state index in [-0.39, 0.29) is 11.2 Å². The fourth-order valence-electron chi connectivity index (χ4n) is 2.74.